The van der Waals surface area contributed by atoms with Gasteiger partial charge in [0, 0.05) is 18.8 Å². The minimum absolute atomic E-state index is 0.00849. The van der Waals surface area contributed by atoms with Crippen molar-refractivity contribution < 1.29 is 22.8 Å². The van der Waals surface area contributed by atoms with E-state index in [0.29, 0.717) is 6.20 Å². The number of nitrogens with one attached hydrogen (secondary N) is 1. The van der Waals surface area contributed by atoms with Gasteiger partial charge in [-0.2, -0.15) is 18.2 Å². The highest BCUT2D eigenvalue weighted by atomic mass is 35.5. The Hall–Kier alpha value is -2.40. The Morgan fingerprint density at radius 3 is 2.65 bits per heavy atom. The van der Waals surface area contributed by atoms with Crippen molar-refractivity contribution in [1.82, 2.24) is 15.0 Å². The summed E-state index contributed by atoms with van der Waals surface area (Å²) in [6.07, 6.45) is -3.87. The maximum absolute atomic E-state index is 12.9. The maximum atomic E-state index is 12.9. The van der Waals surface area contributed by atoms with Gasteiger partial charge in [0.25, 0.3) is 5.88 Å². The molecule has 140 valence electrons. The van der Waals surface area contributed by atoms with Gasteiger partial charge in [-0.25, -0.2) is 9.97 Å². The molecule has 2 aromatic heterocycles. The van der Waals surface area contributed by atoms with Crippen LogP contribution in [0, 0.1) is 10.1 Å². The normalized spacial score (nSPS) is 11.3. The molecule has 13 heteroatoms. The smallest absolute Gasteiger partial charge is 0.421 e. The Kier molecular flexibility index (Phi) is 6.37. The highest BCUT2D eigenvalue weighted by Crippen LogP contribution is 2.33. The molecular formula is C13H10Cl2F3N5O3. The predicted molar refractivity (Wildman–Crippen MR) is 86.5 cm³/mol. The zero-order valence-electron chi connectivity index (χ0n) is 12.8. The Labute approximate surface area is 154 Å². The summed E-state index contributed by atoms with van der Waals surface area (Å²) in [6.45, 7) is -0.0217. The molecule has 0 saturated heterocycles. The molecule has 0 aliphatic heterocycles. The van der Waals surface area contributed by atoms with Crippen LogP contribution in [-0.2, 0) is 6.18 Å². The molecule has 0 unspecified atom stereocenters. The van der Waals surface area contributed by atoms with Gasteiger partial charge < -0.3 is 10.1 Å². The molecule has 0 aromatic carbocycles. The van der Waals surface area contributed by atoms with Gasteiger partial charge in [0.2, 0.25) is 5.28 Å². The highest BCUT2D eigenvalue weighted by Gasteiger charge is 2.35. The number of nitro groups is 1. The minimum Gasteiger partial charge on any atom is -0.473 e. The lowest BCUT2D eigenvalue weighted by molar-refractivity contribution is -0.386. The fourth-order valence-corrected chi connectivity index (χ4v) is 2.08. The Bertz CT molecular complexity index is 807. The second kappa shape index (κ2) is 8.32. The number of nitrogens with zero attached hydrogens (tertiary/aromatic N) is 4. The molecule has 1 N–H and O–H groups in total. The van der Waals surface area contributed by atoms with E-state index in [2.05, 4.69) is 20.3 Å². The lowest BCUT2D eigenvalue weighted by Gasteiger charge is -2.13. The molecule has 2 aromatic rings. The second-order valence-electron chi connectivity index (χ2n) is 4.74. The first-order chi connectivity index (χ1) is 12.2. The van der Waals surface area contributed by atoms with Gasteiger partial charge in [0.15, 0.2) is 0 Å². The summed E-state index contributed by atoms with van der Waals surface area (Å²) in [5, 5.41) is 13.0. The lowest BCUT2D eigenvalue weighted by atomic mass is 10.3. The quantitative estimate of drug-likeness (QED) is 0.241. The van der Waals surface area contributed by atoms with Crippen LogP contribution in [0.25, 0.3) is 0 Å². The van der Waals surface area contributed by atoms with Crippen LogP contribution in [0.3, 0.4) is 0 Å². The van der Waals surface area contributed by atoms with Crippen LogP contribution < -0.4 is 10.1 Å². The molecule has 0 aliphatic rings. The molecule has 0 atom stereocenters. The molecule has 0 radical (unpaired) electrons. The van der Waals surface area contributed by atoms with Crippen LogP contribution in [0.2, 0.25) is 10.4 Å². The summed E-state index contributed by atoms with van der Waals surface area (Å²) in [6, 6.07) is 2.38. The van der Waals surface area contributed by atoms with E-state index in [-0.39, 0.29) is 41.6 Å². The Morgan fingerprint density at radius 2 is 2.00 bits per heavy atom. The molecule has 2 heterocycles. The summed E-state index contributed by atoms with van der Waals surface area (Å²) < 4.78 is 43.8. The summed E-state index contributed by atoms with van der Waals surface area (Å²) in [5.41, 5.74) is -1.43. The van der Waals surface area contributed by atoms with Gasteiger partial charge >= 0.3 is 11.9 Å². The van der Waals surface area contributed by atoms with Crippen molar-refractivity contribution in [2.45, 2.75) is 12.6 Å². The number of anilines is 1. The van der Waals surface area contributed by atoms with Crippen LogP contribution in [0.15, 0.2) is 18.3 Å². The van der Waals surface area contributed by atoms with Gasteiger partial charge in [-0.15, -0.1) is 0 Å². The maximum Gasteiger partial charge on any atom is 0.421 e. The van der Waals surface area contributed by atoms with E-state index < -0.39 is 22.5 Å². The number of pyridine rings is 1. The zero-order valence-corrected chi connectivity index (χ0v) is 14.3. The number of alkyl halides is 3. The van der Waals surface area contributed by atoms with Gasteiger partial charge in [-0.3, -0.25) is 10.1 Å². The molecule has 0 saturated carbocycles. The third kappa shape index (κ3) is 5.30. The lowest BCUT2D eigenvalue weighted by Crippen LogP contribution is -2.15. The third-order valence-corrected chi connectivity index (χ3v) is 3.31. The van der Waals surface area contributed by atoms with E-state index in [1.165, 1.54) is 6.07 Å². The topological polar surface area (TPSA) is 103 Å². The van der Waals surface area contributed by atoms with Crippen molar-refractivity contribution >= 4 is 34.7 Å². The van der Waals surface area contributed by atoms with E-state index in [4.69, 9.17) is 27.9 Å². The zero-order chi connectivity index (χ0) is 19.3. The first-order valence-electron chi connectivity index (χ1n) is 6.96. The summed E-state index contributed by atoms with van der Waals surface area (Å²) in [4.78, 5) is 20.7. The van der Waals surface area contributed by atoms with E-state index in [1.54, 1.807) is 0 Å². The van der Waals surface area contributed by atoms with E-state index in [9.17, 15) is 23.3 Å². The average molecular weight is 412 g/mol. The summed E-state index contributed by atoms with van der Waals surface area (Å²) in [7, 11) is 0. The molecule has 0 aliphatic carbocycles. The monoisotopic (exact) mass is 411 g/mol. The number of halogens is 5. The molecule has 0 bridgehead atoms. The largest absolute Gasteiger partial charge is 0.473 e. The second-order valence-corrected chi connectivity index (χ2v) is 5.47. The molecule has 26 heavy (non-hydrogen) atoms. The number of aromatic nitrogens is 3. The van der Waals surface area contributed by atoms with E-state index in [1.807, 2.05) is 0 Å². The van der Waals surface area contributed by atoms with Gasteiger partial charge in [0.05, 0.1) is 11.5 Å². The first-order valence-corrected chi connectivity index (χ1v) is 7.71. The van der Waals surface area contributed by atoms with Crippen LogP contribution in [0.5, 0.6) is 5.88 Å². The molecule has 0 fully saturated rings. The number of hydrogen-bond acceptors (Lipinski definition) is 7. The standard InChI is InChI=1S/C13H10Cl2F3N5O3/c14-9-3-2-8(23(24)25)11(21-9)26-5-1-4-19-10-7(13(16,17)18)6-20-12(15)22-10/h2-3,6H,1,4-5H2,(H,19,20,22). The number of ether oxygens (including phenoxy) is 1. The van der Waals surface area contributed by atoms with E-state index in [0.717, 1.165) is 6.07 Å². The fraction of sp³-hybridized carbons (Fsp3) is 0.308. The highest BCUT2D eigenvalue weighted by molar-refractivity contribution is 6.29. The third-order valence-electron chi connectivity index (χ3n) is 2.92. The molecule has 0 amide bonds. The van der Waals surface area contributed by atoms with Crippen molar-refractivity contribution in [3.05, 3.63) is 44.4 Å². The van der Waals surface area contributed by atoms with Crippen LogP contribution in [0.4, 0.5) is 24.7 Å². The van der Waals surface area contributed by atoms with Crippen molar-refractivity contribution in [2.75, 3.05) is 18.5 Å². The Morgan fingerprint density at radius 1 is 1.27 bits per heavy atom. The summed E-state index contributed by atoms with van der Waals surface area (Å²) >= 11 is 11.2. The fourth-order valence-electron chi connectivity index (χ4n) is 1.81. The van der Waals surface area contributed by atoms with Crippen molar-refractivity contribution in [1.29, 1.82) is 0 Å². The van der Waals surface area contributed by atoms with Crippen LogP contribution >= 0.6 is 23.2 Å². The van der Waals surface area contributed by atoms with Crippen molar-refractivity contribution in [2.24, 2.45) is 0 Å². The first kappa shape index (κ1) is 19.9. The SMILES string of the molecule is O=[N+]([O-])c1ccc(Cl)nc1OCCCNc1nc(Cl)ncc1C(F)(F)F. The average Bonchev–Trinajstić information content (AvgIpc) is 2.53. The molecule has 0 spiro atoms. The molecule has 8 nitrogen and oxygen atoms in total. The van der Waals surface area contributed by atoms with Crippen molar-refractivity contribution in [3.63, 3.8) is 0 Å². The van der Waals surface area contributed by atoms with Crippen LogP contribution in [-0.4, -0.2) is 33.0 Å². The number of hydrogen-bond donors (Lipinski definition) is 1. The minimum atomic E-state index is -4.64. The van der Waals surface area contributed by atoms with Crippen LogP contribution in [0.1, 0.15) is 12.0 Å². The van der Waals surface area contributed by atoms with Crippen molar-refractivity contribution in [3.8, 4) is 5.88 Å². The molecular weight excluding hydrogens is 402 g/mol. The van der Waals surface area contributed by atoms with Gasteiger partial charge in [-0.05, 0) is 24.1 Å². The summed E-state index contributed by atoms with van der Waals surface area (Å²) in [5.74, 6) is -0.743. The predicted octanol–water partition coefficient (Wildman–Crippen LogP) is 3.99. The van der Waals surface area contributed by atoms with Gasteiger partial charge in [-0.1, -0.05) is 11.6 Å². The number of rotatable bonds is 7. The Balaban J connectivity index is 1.94. The van der Waals surface area contributed by atoms with E-state index >= 15 is 0 Å². The molecule has 2 rings (SSSR count). The van der Waals surface area contributed by atoms with Gasteiger partial charge in [0.1, 0.15) is 16.5 Å².